The van der Waals surface area contributed by atoms with E-state index >= 15 is 0 Å². The topological polar surface area (TPSA) is 105 Å². The van der Waals surface area contributed by atoms with Crippen molar-refractivity contribution in [1.82, 2.24) is 15.2 Å². The van der Waals surface area contributed by atoms with E-state index in [2.05, 4.69) is 10.3 Å². The molecule has 0 bridgehead atoms. The molecule has 0 aromatic carbocycles. The number of imide groups is 1. The number of hydrogen-bond acceptors (Lipinski definition) is 6. The normalized spacial score (nSPS) is 18.5. The van der Waals surface area contributed by atoms with Gasteiger partial charge in [-0.25, -0.2) is 4.98 Å². The van der Waals surface area contributed by atoms with Crippen molar-refractivity contribution in [3.63, 3.8) is 0 Å². The van der Waals surface area contributed by atoms with Gasteiger partial charge in [-0.1, -0.05) is 0 Å². The average Bonchev–Trinajstić information content (AvgIpc) is 2.93. The molecule has 1 aliphatic heterocycles. The number of likely N-dealkylation sites (N-methyl/N-ethyl adjacent to an activating group) is 1. The van der Waals surface area contributed by atoms with E-state index in [1.807, 2.05) is 0 Å². The number of amides is 3. The summed E-state index contributed by atoms with van der Waals surface area (Å²) in [6.45, 7) is 0. The average molecular weight is 304 g/mol. The lowest BCUT2D eigenvalue weighted by atomic mass is 10.2. The number of nitrogens with one attached hydrogen (secondary N) is 1. The number of hydrogen-bond donors (Lipinski definition) is 2. The second-order valence-corrected chi connectivity index (χ2v) is 5.72. The highest BCUT2D eigenvalue weighted by atomic mass is 32.1. The molecule has 0 spiro atoms. The molecule has 8 heteroatoms. The van der Waals surface area contributed by atoms with Crippen LogP contribution in [0.15, 0.2) is 18.3 Å². The van der Waals surface area contributed by atoms with Gasteiger partial charge in [-0.3, -0.25) is 19.3 Å². The van der Waals surface area contributed by atoms with Crippen molar-refractivity contribution < 1.29 is 14.4 Å². The van der Waals surface area contributed by atoms with E-state index < -0.39 is 17.9 Å². The molecule has 1 aliphatic rings. The molecule has 1 unspecified atom stereocenters. The number of carbonyl (C=O) groups is 3. The summed E-state index contributed by atoms with van der Waals surface area (Å²) in [6.07, 6.45) is 1.60. The van der Waals surface area contributed by atoms with Crippen molar-refractivity contribution in [1.29, 1.82) is 0 Å². The Balaban J connectivity index is 1.86. The number of thiophene rings is 1. The highest BCUT2D eigenvalue weighted by Crippen LogP contribution is 2.32. The van der Waals surface area contributed by atoms with Crippen molar-refractivity contribution in [3.8, 4) is 0 Å². The number of nitrogen functional groups attached to an aromatic ring is 1. The van der Waals surface area contributed by atoms with Crippen LogP contribution in [0.5, 0.6) is 0 Å². The summed E-state index contributed by atoms with van der Waals surface area (Å²) in [4.78, 5) is 41.6. The van der Waals surface area contributed by atoms with Crippen LogP contribution in [0.2, 0.25) is 0 Å². The predicted octanol–water partition coefficient (Wildman–Crippen LogP) is 0.366. The first-order chi connectivity index (χ1) is 9.99. The number of anilines is 1. The summed E-state index contributed by atoms with van der Waals surface area (Å²) in [6, 6.07) is 2.69. The van der Waals surface area contributed by atoms with Crippen LogP contribution in [0, 0.1) is 0 Å². The zero-order chi connectivity index (χ0) is 15.1. The van der Waals surface area contributed by atoms with Gasteiger partial charge in [-0.2, -0.15) is 0 Å². The van der Waals surface area contributed by atoms with Gasteiger partial charge in [0.25, 0.3) is 11.8 Å². The maximum atomic E-state index is 12.3. The number of carbonyl (C=O) groups excluding carboxylic acids is 3. The Hall–Kier alpha value is -2.48. The summed E-state index contributed by atoms with van der Waals surface area (Å²) in [5, 5.41) is 3.27. The largest absolute Gasteiger partial charge is 0.397 e. The SMILES string of the molecule is CN1C(=O)CC(NC(=O)c2sc3ncccc3c2N)C1=O. The molecule has 7 nitrogen and oxygen atoms in total. The molecular weight excluding hydrogens is 292 g/mol. The molecule has 0 saturated carbocycles. The first-order valence-corrected chi connectivity index (χ1v) is 7.05. The third-order valence-electron chi connectivity index (χ3n) is 3.40. The van der Waals surface area contributed by atoms with E-state index in [0.717, 1.165) is 16.2 Å². The van der Waals surface area contributed by atoms with Crippen LogP contribution in [0.3, 0.4) is 0 Å². The lowest BCUT2D eigenvalue weighted by Gasteiger charge is -2.10. The molecule has 1 atom stereocenters. The molecule has 0 radical (unpaired) electrons. The molecule has 1 saturated heterocycles. The van der Waals surface area contributed by atoms with Gasteiger partial charge in [-0.15, -0.1) is 11.3 Å². The number of aromatic nitrogens is 1. The minimum absolute atomic E-state index is 0.0237. The van der Waals surface area contributed by atoms with Gasteiger partial charge in [0.1, 0.15) is 15.7 Å². The van der Waals surface area contributed by atoms with Crippen molar-refractivity contribution in [2.24, 2.45) is 0 Å². The van der Waals surface area contributed by atoms with Crippen LogP contribution in [-0.4, -0.2) is 40.7 Å². The Morgan fingerprint density at radius 2 is 2.29 bits per heavy atom. The molecule has 3 amide bonds. The van der Waals surface area contributed by atoms with Gasteiger partial charge in [0.05, 0.1) is 12.1 Å². The van der Waals surface area contributed by atoms with Gasteiger partial charge in [0.15, 0.2) is 0 Å². The van der Waals surface area contributed by atoms with Crippen molar-refractivity contribution >= 4 is 45.0 Å². The first-order valence-electron chi connectivity index (χ1n) is 6.23. The molecule has 2 aromatic heterocycles. The standard InChI is InChI=1S/C13H12N4O3S/c1-17-8(18)5-7(13(17)20)16-11(19)10-9(14)6-3-2-4-15-12(6)21-10/h2-4,7H,5,14H2,1H3,(H,16,19). The van der Waals surface area contributed by atoms with Crippen molar-refractivity contribution in [3.05, 3.63) is 23.2 Å². The Morgan fingerprint density at radius 1 is 1.52 bits per heavy atom. The third kappa shape index (κ3) is 2.13. The molecule has 2 aromatic rings. The lowest BCUT2D eigenvalue weighted by Crippen LogP contribution is -2.40. The van der Waals surface area contributed by atoms with Gasteiger partial charge < -0.3 is 11.1 Å². The van der Waals surface area contributed by atoms with Crippen LogP contribution in [-0.2, 0) is 9.59 Å². The van der Waals surface area contributed by atoms with E-state index in [-0.39, 0.29) is 12.3 Å². The third-order valence-corrected chi connectivity index (χ3v) is 4.53. The van der Waals surface area contributed by atoms with Crippen molar-refractivity contribution in [2.75, 3.05) is 12.8 Å². The number of rotatable bonds is 2. The molecular formula is C13H12N4O3S. The number of pyridine rings is 1. The van der Waals surface area contributed by atoms with Gasteiger partial charge in [-0.05, 0) is 12.1 Å². The fraction of sp³-hybridized carbons (Fsp3) is 0.231. The minimum atomic E-state index is -0.826. The van der Waals surface area contributed by atoms with Crippen LogP contribution < -0.4 is 11.1 Å². The zero-order valence-electron chi connectivity index (χ0n) is 11.1. The summed E-state index contributed by atoms with van der Waals surface area (Å²) >= 11 is 1.16. The number of nitrogens with two attached hydrogens (primary N) is 1. The highest BCUT2D eigenvalue weighted by molar-refractivity contribution is 7.21. The van der Waals surface area contributed by atoms with E-state index in [9.17, 15) is 14.4 Å². The second kappa shape index (κ2) is 4.81. The summed E-state index contributed by atoms with van der Waals surface area (Å²) in [5.41, 5.74) is 6.29. The lowest BCUT2D eigenvalue weighted by molar-refractivity contribution is -0.137. The number of nitrogens with zero attached hydrogens (tertiary/aromatic N) is 2. The highest BCUT2D eigenvalue weighted by Gasteiger charge is 2.37. The summed E-state index contributed by atoms with van der Waals surface area (Å²) < 4.78 is 0. The molecule has 3 heterocycles. The number of fused-ring (bicyclic) bond motifs is 1. The molecule has 3 rings (SSSR count). The minimum Gasteiger partial charge on any atom is -0.397 e. The maximum Gasteiger partial charge on any atom is 0.264 e. The summed E-state index contributed by atoms with van der Waals surface area (Å²) in [7, 11) is 1.40. The Bertz CT molecular complexity index is 770. The quantitative estimate of drug-likeness (QED) is 0.780. The fourth-order valence-corrected chi connectivity index (χ4v) is 3.18. The van der Waals surface area contributed by atoms with E-state index in [0.29, 0.717) is 20.8 Å². The molecule has 21 heavy (non-hydrogen) atoms. The second-order valence-electron chi connectivity index (χ2n) is 4.72. The smallest absolute Gasteiger partial charge is 0.264 e. The van der Waals surface area contributed by atoms with Gasteiger partial charge >= 0.3 is 0 Å². The van der Waals surface area contributed by atoms with Gasteiger partial charge in [0.2, 0.25) is 5.91 Å². The Labute approximate surface area is 123 Å². The van der Waals surface area contributed by atoms with E-state index in [1.54, 1.807) is 18.3 Å². The van der Waals surface area contributed by atoms with Crippen LogP contribution in [0.4, 0.5) is 5.69 Å². The van der Waals surface area contributed by atoms with E-state index in [4.69, 9.17) is 5.73 Å². The van der Waals surface area contributed by atoms with E-state index in [1.165, 1.54) is 7.05 Å². The number of likely N-dealkylation sites (tertiary alicyclic amines) is 1. The maximum absolute atomic E-state index is 12.3. The zero-order valence-corrected chi connectivity index (χ0v) is 11.9. The van der Waals surface area contributed by atoms with Crippen LogP contribution >= 0.6 is 11.3 Å². The molecule has 1 fully saturated rings. The van der Waals surface area contributed by atoms with Crippen molar-refractivity contribution in [2.45, 2.75) is 12.5 Å². The van der Waals surface area contributed by atoms with Crippen LogP contribution in [0.1, 0.15) is 16.1 Å². The first kappa shape index (κ1) is 13.5. The molecule has 3 N–H and O–H groups in total. The monoisotopic (exact) mass is 304 g/mol. The molecule has 108 valence electrons. The van der Waals surface area contributed by atoms with Crippen LogP contribution in [0.25, 0.3) is 10.2 Å². The van der Waals surface area contributed by atoms with Gasteiger partial charge in [0, 0.05) is 18.6 Å². The molecule has 0 aliphatic carbocycles. The Kier molecular flexibility index (Phi) is 3.09. The summed E-state index contributed by atoms with van der Waals surface area (Å²) in [5.74, 6) is -1.18. The Morgan fingerprint density at radius 3 is 2.90 bits per heavy atom. The predicted molar refractivity (Wildman–Crippen MR) is 77.7 cm³/mol. The fourth-order valence-electron chi connectivity index (χ4n) is 2.21.